The summed E-state index contributed by atoms with van der Waals surface area (Å²) in [4.78, 5) is 16.0. The number of carbonyl (C=O) groups is 1. The molecule has 1 atom stereocenters. The number of pyridine rings is 1. The number of aliphatic hydroxyl groups excluding tert-OH is 2. The number of rotatable bonds is 5. The van der Waals surface area contributed by atoms with E-state index in [0.29, 0.717) is 11.4 Å². The number of Topliss-reactive ketones (excluding diaryl/α,β-unsaturated/α-hetero) is 1. The Hall–Kier alpha value is -1.98. The predicted molar refractivity (Wildman–Crippen MR) is 73.3 cm³/mol. The van der Waals surface area contributed by atoms with Gasteiger partial charge >= 0.3 is 0 Å². The molecule has 0 aliphatic rings. The molecule has 0 spiro atoms. The monoisotopic (exact) mass is 260 g/mol. The number of aliphatic hydroxyl groups is 2. The van der Waals surface area contributed by atoms with Crippen molar-refractivity contribution in [1.82, 2.24) is 4.98 Å². The van der Waals surface area contributed by atoms with Crippen molar-refractivity contribution in [3.8, 4) is 0 Å². The summed E-state index contributed by atoms with van der Waals surface area (Å²) in [5, 5.41) is 21.9. The van der Waals surface area contributed by atoms with Gasteiger partial charge in [-0.15, -0.1) is 0 Å². The van der Waals surface area contributed by atoms with E-state index in [4.69, 9.17) is 5.11 Å². The second kappa shape index (κ2) is 5.77. The van der Waals surface area contributed by atoms with E-state index in [1.165, 1.54) is 6.92 Å². The lowest BCUT2D eigenvalue weighted by atomic mass is 10.1. The van der Waals surface area contributed by atoms with E-state index < -0.39 is 6.10 Å². The topological polar surface area (TPSA) is 82.5 Å². The summed E-state index contributed by atoms with van der Waals surface area (Å²) in [6.45, 7) is 1.28. The van der Waals surface area contributed by atoms with Gasteiger partial charge in [0.2, 0.25) is 0 Å². The van der Waals surface area contributed by atoms with Gasteiger partial charge < -0.3 is 15.5 Å². The van der Waals surface area contributed by atoms with Gasteiger partial charge in [-0.05, 0) is 19.1 Å². The highest BCUT2D eigenvalue weighted by atomic mass is 16.3. The first kappa shape index (κ1) is 13.5. The molecule has 1 aromatic heterocycles. The summed E-state index contributed by atoms with van der Waals surface area (Å²) in [6.07, 6.45) is -0.881. The van der Waals surface area contributed by atoms with Gasteiger partial charge in [-0.1, -0.05) is 18.2 Å². The minimum atomic E-state index is -0.881. The summed E-state index contributed by atoms with van der Waals surface area (Å²) in [5.74, 6) is 0.331. The number of anilines is 1. The highest BCUT2D eigenvalue weighted by molar-refractivity contribution is 6.02. The van der Waals surface area contributed by atoms with Crippen LogP contribution in [0.25, 0.3) is 10.9 Å². The van der Waals surface area contributed by atoms with Crippen molar-refractivity contribution in [3.63, 3.8) is 0 Å². The van der Waals surface area contributed by atoms with Crippen LogP contribution >= 0.6 is 0 Å². The number of hydrogen-bond acceptors (Lipinski definition) is 5. The fourth-order valence-corrected chi connectivity index (χ4v) is 1.80. The Morgan fingerprint density at radius 3 is 2.84 bits per heavy atom. The molecule has 0 amide bonds. The summed E-state index contributed by atoms with van der Waals surface area (Å²) >= 11 is 0. The van der Waals surface area contributed by atoms with Crippen molar-refractivity contribution >= 4 is 22.5 Å². The molecular weight excluding hydrogens is 244 g/mol. The van der Waals surface area contributed by atoms with E-state index in [0.717, 1.165) is 10.9 Å². The summed E-state index contributed by atoms with van der Waals surface area (Å²) < 4.78 is 0. The largest absolute Gasteiger partial charge is 0.394 e. The van der Waals surface area contributed by atoms with E-state index in [1.807, 2.05) is 24.3 Å². The summed E-state index contributed by atoms with van der Waals surface area (Å²) in [5.41, 5.74) is 1.25. The first-order valence-corrected chi connectivity index (χ1v) is 6.05. The molecule has 1 heterocycles. The number of para-hydroxylation sites is 1. The van der Waals surface area contributed by atoms with Gasteiger partial charge in [-0.3, -0.25) is 4.79 Å². The van der Waals surface area contributed by atoms with Crippen LogP contribution in [-0.4, -0.2) is 40.2 Å². The lowest BCUT2D eigenvalue weighted by molar-refractivity contribution is 0.101. The minimum Gasteiger partial charge on any atom is -0.394 e. The first-order valence-electron chi connectivity index (χ1n) is 6.05. The lowest BCUT2D eigenvalue weighted by Crippen LogP contribution is -2.24. The number of benzene rings is 1. The van der Waals surface area contributed by atoms with Crippen LogP contribution in [-0.2, 0) is 0 Å². The molecule has 0 saturated heterocycles. The van der Waals surface area contributed by atoms with Crippen LogP contribution < -0.4 is 5.32 Å². The third-order valence-electron chi connectivity index (χ3n) is 2.82. The molecule has 5 nitrogen and oxygen atoms in total. The maximum absolute atomic E-state index is 11.6. The minimum absolute atomic E-state index is 0.0979. The fraction of sp³-hybridized carbons (Fsp3) is 0.286. The normalized spacial score (nSPS) is 12.4. The van der Waals surface area contributed by atoms with Gasteiger partial charge in [0, 0.05) is 11.9 Å². The number of hydrogen-bond donors (Lipinski definition) is 3. The van der Waals surface area contributed by atoms with Crippen LogP contribution in [0.3, 0.4) is 0 Å². The maximum atomic E-state index is 11.6. The molecule has 2 rings (SSSR count). The van der Waals surface area contributed by atoms with Crippen LogP contribution in [0.5, 0.6) is 0 Å². The Labute approximate surface area is 110 Å². The molecule has 0 aliphatic heterocycles. The standard InChI is InChI=1S/C14H16N2O3/c1-9(18)12-6-10-4-2-3-5-13(10)16-14(12)15-7-11(19)8-17/h2-6,11,17,19H,7-8H2,1H3,(H,15,16)/t11-/m1/s1. The zero-order chi connectivity index (χ0) is 13.8. The summed E-state index contributed by atoms with van der Waals surface area (Å²) in [6, 6.07) is 9.28. The molecule has 19 heavy (non-hydrogen) atoms. The summed E-state index contributed by atoms with van der Waals surface area (Å²) in [7, 11) is 0. The Balaban J connectivity index is 2.39. The molecule has 0 bridgehead atoms. The Morgan fingerprint density at radius 1 is 1.42 bits per heavy atom. The van der Waals surface area contributed by atoms with Crippen molar-refractivity contribution in [2.45, 2.75) is 13.0 Å². The van der Waals surface area contributed by atoms with Crippen molar-refractivity contribution in [2.24, 2.45) is 0 Å². The highest BCUT2D eigenvalue weighted by Crippen LogP contribution is 2.20. The Morgan fingerprint density at radius 2 is 2.16 bits per heavy atom. The van der Waals surface area contributed by atoms with Crippen molar-refractivity contribution in [1.29, 1.82) is 0 Å². The van der Waals surface area contributed by atoms with Crippen molar-refractivity contribution in [2.75, 3.05) is 18.5 Å². The highest BCUT2D eigenvalue weighted by Gasteiger charge is 2.12. The number of fused-ring (bicyclic) bond motifs is 1. The van der Waals surface area contributed by atoms with Gasteiger partial charge in [0.1, 0.15) is 5.82 Å². The van der Waals surface area contributed by atoms with Crippen LogP contribution in [0.1, 0.15) is 17.3 Å². The lowest BCUT2D eigenvalue weighted by Gasteiger charge is -2.13. The number of nitrogens with one attached hydrogen (secondary N) is 1. The number of aromatic nitrogens is 1. The van der Waals surface area contributed by atoms with Crippen LogP contribution in [0.15, 0.2) is 30.3 Å². The van der Waals surface area contributed by atoms with Gasteiger partial charge in [0.25, 0.3) is 0 Å². The zero-order valence-electron chi connectivity index (χ0n) is 10.6. The molecule has 100 valence electrons. The second-order valence-corrected chi connectivity index (χ2v) is 4.35. The Bertz CT molecular complexity index is 598. The average Bonchev–Trinajstić information content (AvgIpc) is 2.43. The smallest absolute Gasteiger partial charge is 0.163 e. The van der Waals surface area contributed by atoms with Crippen LogP contribution in [0.4, 0.5) is 5.82 Å². The molecule has 1 aromatic carbocycles. The van der Waals surface area contributed by atoms with Crippen LogP contribution in [0, 0.1) is 0 Å². The maximum Gasteiger partial charge on any atom is 0.163 e. The number of carbonyl (C=O) groups excluding carboxylic acids is 1. The van der Waals surface area contributed by atoms with Crippen molar-refractivity contribution in [3.05, 3.63) is 35.9 Å². The van der Waals surface area contributed by atoms with E-state index in [-0.39, 0.29) is 18.9 Å². The third kappa shape index (κ3) is 3.07. The van der Waals surface area contributed by atoms with E-state index in [2.05, 4.69) is 10.3 Å². The third-order valence-corrected chi connectivity index (χ3v) is 2.82. The average molecular weight is 260 g/mol. The van der Waals surface area contributed by atoms with Gasteiger partial charge in [-0.2, -0.15) is 0 Å². The van der Waals surface area contributed by atoms with Gasteiger partial charge in [-0.25, -0.2) is 4.98 Å². The number of nitrogens with zero attached hydrogens (tertiary/aromatic N) is 1. The molecule has 5 heteroatoms. The van der Waals surface area contributed by atoms with Gasteiger partial charge in [0.15, 0.2) is 5.78 Å². The molecule has 0 radical (unpaired) electrons. The zero-order valence-corrected chi connectivity index (χ0v) is 10.6. The molecule has 0 fully saturated rings. The SMILES string of the molecule is CC(=O)c1cc2ccccc2nc1NC[C@@H](O)CO. The quantitative estimate of drug-likeness (QED) is 0.704. The molecule has 2 aromatic rings. The molecular formula is C14H16N2O3. The van der Waals surface area contributed by atoms with E-state index in [9.17, 15) is 9.90 Å². The fourth-order valence-electron chi connectivity index (χ4n) is 1.80. The first-order chi connectivity index (χ1) is 9.11. The van der Waals surface area contributed by atoms with E-state index in [1.54, 1.807) is 6.07 Å². The molecule has 0 aliphatic carbocycles. The molecule has 0 saturated carbocycles. The number of ketones is 1. The second-order valence-electron chi connectivity index (χ2n) is 4.35. The Kier molecular flexibility index (Phi) is 4.09. The van der Waals surface area contributed by atoms with Crippen molar-refractivity contribution < 1.29 is 15.0 Å². The van der Waals surface area contributed by atoms with E-state index >= 15 is 0 Å². The molecule has 3 N–H and O–H groups in total. The van der Waals surface area contributed by atoms with Crippen LogP contribution in [0.2, 0.25) is 0 Å². The van der Waals surface area contributed by atoms with Gasteiger partial charge in [0.05, 0.1) is 23.8 Å². The predicted octanol–water partition coefficient (Wildman–Crippen LogP) is 1.20. The molecule has 0 unspecified atom stereocenters.